The van der Waals surface area contributed by atoms with Crippen molar-refractivity contribution in [3.05, 3.63) is 71.8 Å². The average molecular weight is 997 g/mol. The van der Waals surface area contributed by atoms with E-state index in [-0.39, 0.29) is 50.4 Å². The lowest BCUT2D eigenvalue weighted by atomic mass is 9.97. The van der Waals surface area contributed by atoms with Gasteiger partial charge in [-0.2, -0.15) is 0 Å². The van der Waals surface area contributed by atoms with Crippen molar-refractivity contribution in [1.82, 2.24) is 37.2 Å². The van der Waals surface area contributed by atoms with Crippen LogP contribution in [0, 0.1) is 17.8 Å². The molecule has 0 radical (unpaired) electrons. The fraction of sp³-hybridized carbons (Fsp3) is 0.551. The largest absolute Gasteiger partial charge is 0.481 e. The molecule has 22 heteroatoms. The number of aliphatic hydroxyl groups is 1. The van der Waals surface area contributed by atoms with Gasteiger partial charge in [-0.15, -0.1) is 0 Å². The molecule has 0 bridgehead atoms. The molecule has 71 heavy (non-hydrogen) atoms. The van der Waals surface area contributed by atoms with Crippen LogP contribution < -0.4 is 43.0 Å². The number of hydrogen-bond donors (Lipinski definition) is 12. The Labute approximate surface area is 413 Å². The monoisotopic (exact) mass is 997 g/mol. The zero-order chi connectivity index (χ0) is 53.5. The van der Waals surface area contributed by atoms with Crippen LogP contribution in [0.1, 0.15) is 98.1 Å². The summed E-state index contributed by atoms with van der Waals surface area (Å²) in [5.74, 6) is -10.9. The van der Waals surface area contributed by atoms with Crippen molar-refractivity contribution in [2.75, 3.05) is 0 Å². The highest BCUT2D eigenvalue weighted by molar-refractivity contribution is 5.96. The maximum absolute atomic E-state index is 14.1. The van der Waals surface area contributed by atoms with Gasteiger partial charge in [0.1, 0.15) is 36.3 Å². The minimum absolute atomic E-state index is 0.00348. The summed E-state index contributed by atoms with van der Waals surface area (Å²) in [7, 11) is 0. The number of carboxylic acid groups (broad SMARTS) is 3. The van der Waals surface area contributed by atoms with Crippen molar-refractivity contribution in [3.8, 4) is 0 Å². The number of aliphatic hydroxyl groups excluding tert-OH is 1. The highest BCUT2D eigenvalue weighted by atomic mass is 16.4. The average Bonchev–Trinajstić information content (AvgIpc) is 3.29. The summed E-state index contributed by atoms with van der Waals surface area (Å²) in [5.41, 5.74) is 7.06. The molecule has 0 aliphatic rings. The van der Waals surface area contributed by atoms with Gasteiger partial charge in [0.15, 0.2) is 6.10 Å². The number of carbonyl (C=O) groups is 10. The summed E-state index contributed by atoms with van der Waals surface area (Å²) >= 11 is 0. The molecule has 9 atom stereocenters. The molecule has 7 amide bonds. The Balaban J connectivity index is 2.32. The van der Waals surface area contributed by atoms with E-state index in [9.17, 15) is 63.3 Å². The number of nitrogens with one attached hydrogen (secondary N) is 7. The molecule has 13 N–H and O–H groups in total. The zero-order valence-corrected chi connectivity index (χ0v) is 41.3. The molecule has 0 saturated carbocycles. The summed E-state index contributed by atoms with van der Waals surface area (Å²) in [6.45, 7) is 11.6. The van der Waals surface area contributed by atoms with E-state index in [1.54, 1.807) is 102 Å². The lowest BCUT2D eigenvalue weighted by Gasteiger charge is -2.30. The first-order valence-corrected chi connectivity index (χ1v) is 23.6. The van der Waals surface area contributed by atoms with E-state index in [0.717, 1.165) is 0 Å². The third kappa shape index (κ3) is 22.1. The fourth-order valence-electron chi connectivity index (χ4n) is 7.24. The molecular formula is C49H72N8O14. The van der Waals surface area contributed by atoms with Crippen LogP contribution in [-0.4, -0.2) is 134 Å². The number of carboxylic acids is 3. The quantitative estimate of drug-likeness (QED) is 0.0478. The lowest BCUT2D eigenvalue weighted by molar-refractivity contribution is -0.143. The molecule has 0 saturated heterocycles. The van der Waals surface area contributed by atoms with E-state index in [1.807, 2.05) is 0 Å². The Morgan fingerprint density at radius 2 is 0.915 bits per heavy atom. The first-order valence-electron chi connectivity index (χ1n) is 23.6. The fourth-order valence-corrected chi connectivity index (χ4v) is 7.24. The molecule has 0 heterocycles. The number of rotatable bonds is 31. The Morgan fingerprint density at radius 1 is 0.479 bits per heavy atom. The summed E-state index contributed by atoms with van der Waals surface area (Å²) in [5, 5.41) is 57.4. The van der Waals surface area contributed by atoms with Gasteiger partial charge in [0.05, 0.1) is 12.1 Å². The first kappa shape index (κ1) is 60.2. The lowest BCUT2D eigenvalue weighted by Crippen LogP contribution is -2.61. The van der Waals surface area contributed by atoms with Crippen molar-refractivity contribution < 1.29 is 68.4 Å². The van der Waals surface area contributed by atoms with Gasteiger partial charge in [-0.05, 0) is 67.9 Å². The normalized spacial score (nSPS) is 15.0. The van der Waals surface area contributed by atoms with Crippen molar-refractivity contribution >= 4 is 59.3 Å². The second-order valence-corrected chi connectivity index (χ2v) is 18.7. The minimum Gasteiger partial charge on any atom is -0.481 e. The van der Waals surface area contributed by atoms with E-state index in [2.05, 4.69) is 37.2 Å². The molecule has 0 fully saturated rings. The number of benzene rings is 2. The van der Waals surface area contributed by atoms with Gasteiger partial charge < -0.3 is 63.4 Å². The van der Waals surface area contributed by atoms with Gasteiger partial charge >= 0.3 is 17.9 Å². The second-order valence-electron chi connectivity index (χ2n) is 18.7. The van der Waals surface area contributed by atoms with Crippen LogP contribution in [0.15, 0.2) is 60.7 Å². The highest BCUT2D eigenvalue weighted by Gasteiger charge is 2.36. The minimum atomic E-state index is -2.00. The van der Waals surface area contributed by atoms with E-state index >= 15 is 0 Å². The molecule has 2 rings (SSSR count). The van der Waals surface area contributed by atoms with E-state index < -0.39 is 132 Å². The van der Waals surface area contributed by atoms with Crippen molar-refractivity contribution in [3.63, 3.8) is 0 Å². The standard InChI is InChI=1S/C49H72N8O14/c1-26(2)22-35(45(66)51-29(7)42(63)52-33(19-21-39(60)61)44(65)56-37(49(70)71)25-31-16-12-9-13-17-31)55-48(69)41(62)34(24-30-14-10-8-11-15-30)53-46(67)36(23-27(3)4)54-47(68)40(28(5)6)57-43(64)32(50)18-20-38(58)59/h8-17,26-29,32-37,40-41,62H,18-25,50H2,1-7H3,(H,51,66)(H,52,63)(H,53,67)(H,54,68)(H,55,69)(H,56,65)(H,57,64)(H,58,59)(H,60,61)(H,70,71)/t29-,32-,33-,34-,35-,36-,37-,40-,41+/m0/s1. The Morgan fingerprint density at radius 3 is 1.39 bits per heavy atom. The number of aliphatic carboxylic acids is 3. The summed E-state index contributed by atoms with van der Waals surface area (Å²) in [4.78, 5) is 130. The Bertz CT molecular complexity index is 2120. The third-order valence-corrected chi connectivity index (χ3v) is 11.1. The number of amides is 7. The molecule has 2 aromatic carbocycles. The SMILES string of the molecule is CC(C)C[C@H](NC(=O)[C@@H](NC(=O)[C@@H](N)CCC(=O)O)C(C)C)C(=O)N[C@@H](Cc1ccccc1)[C@@H](O)C(=O)N[C@@H](CC(C)C)C(=O)N[C@@H](C)C(=O)N[C@@H](CCC(=O)O)C(=O)N[C@@H](Cc1ccccc1)C(=O)O. The van der Waals surface area contributed by atoms with Crippen LogP contribution in [0.25, 0.3) is 0 Å². The van der Waals surface area contributed by atoms with E-state index in [1.165, 1.54) is 6.92 Å². The van der Waals surface area contributed by atoms with Crippen LogP contribution >= 0.6 is 0 Å². The van der Waals surface area contributed by atoms with Gasteiger partial charge in [-0.25, -0.2) is 4.79 Å². The summed E-state index contributed by atoms with van der Waals surface area (Å²) in [6.07, 6.45) is -3.70. The van der Waals surface area contributed by atoms with Gasteiger partial charge in [-0.3, -0.25) is 43.2 Å². The number of nitrogens with two attached hydrogens (primary N) is 1. The van der Waals surface area contributed by atoms with Crippen molar-refractivity contribution in [1.29, 1.82) is 0 Å². The predicted molar refractivity (Wildman–Crippen MR) is 259 cm³/mol. The Kier molecular flexibility index (Phi) is 25.4. The van der Waals surface area contributed by atoms with E-state index in [0.29, 0.717) is 11.1 Å². The maximum Gasteiger partial charge on any atom is 0.326 e. The topological polar surface area (TPSA) is 362 Å². The molecule has 2 aromatic rings. The highest BCUT2D eigenvalue weighted by Crippen LogP contribution is 2.14. The van der Waals surface area contributed by atoms with Gasteiger partial charge in [0.25, 0.3) is 5.91 Å². The van der Waals surface area contributed by atoms with Crippen LogP contribution in [0.2, 0.25) is 0 Å². The molecule has 0 aliphatic carbocycles. The van der Waals surface area contributed by atoms with Crippen molar-refractivity contribution in [2.45, 2.75) is 154 Å². The molecule has 0 unspecified atom stereocenters. The van der Waals surface area contributed by atoms with Crippen molar-refractivity contribution in [2.24, 2.45) is 23.5 Å². The van der Waals surface area contributed by atoms with Crippen LogP contribution in [0.4, 0.5) is 0 Å². The molecule has 0 spiro atoms. The third-order valence-electron chi connectivity index (χ3n) is 11.1. The first-order chi connectivity index (χ1) is 33.3. The van der Waals surface area contributed by atoms with Crippen LogP contribution in [0.3, 0.4) is 0 Å². The number of hydrogen-bond acceptors (Lipinski definition) is 12. The second kappa shape index (κ2) is 29.9. The van der Waals surface area contributed by atoms with Gasteiger partial charge in [0.2, 0.25) is 35.4 Å². The summed E-state index contributed by atoms with van der Waals surface area (Å²) in [6, 6.07) is 6.22. The molecule has 22 nitrogen and oxygen atoms in total. The van der Waals surface area contributed by atoms with Crippen LogP contribution in [-0.2, 0) is 60.8 Å². The Hall–Kier alpha value is -6.94. The smallest absolute Gasteiger partial charge is 0.326 e. The number of carbonyl (C=O) groups excluding carboxylic acids is 7. The van der Waals surface area contributed by atoms with Crippen LogP contribution in [0.5, 0.6) is 0 Å². The predicted octanol–water partition coefficient (Wildman–Crippen LogP) is 0.136. The molecule has 0 aliphatic heterocycles. The molecular weight excluding hydrogens is 925 g/mol. The maximum atomic E-state index is 14.1. The van der Waals surface area contributed by atoms with E-state index in [4.69, 9.17) is 10.8 Å². The molecule has 392 valence electrons. The molecule has 0 aromatic heterocycles. The van der Waals surface area contributed by atoms with Gasteiger partial charge in [0, 0.05) is 19.3 Å². The van der Waals surface area contributed by atoms with Gasteiger partial charge in [-0.1, -0.05) is 102 Å². The summed E-state index contributed by atoms with van der Waals surface area (Å²) < 4.78 is 0. The zero-order valence-electron chi connectivity index (χ0n) is 41.3.